The van der Waals surface area contributed by atoms with Crippen molar-refractivity contribution in [1.82, 2.24) is 15.8 Å². The van der Waals surface area contributed by atoms with Gasteiger partial charge in [0.25, 0.3) is 11.8 Å². The van der Waals surface area contributed by atoms with Gasteiger partial charge in [-0.2, -0.15) is 0 Å². The Morgan fingerprint density at radius 2 is 1.65 bits per heavy atom. The van der Waals surface area contributed by atoms with Crippen molar-refractivity contribution in [2.75, 3.05) is 27.9 Å². The summed E-state index contributed by atoms with van der Waals surface area (Å²) in [5.41, 5.74) is 4.78. The van der Waals surface area contributed by atoms with Gasteiger partial charge in [0.05, 0.1) is 21.3 Å². The Morgan fingerprint density at radius 3 is 2.18 bits per heavy atom. The molecule has 34 heavy (non-hydrogen) atoms. The van der Waals surface area contributed by atoms with Crippen molar-refractivity contribution < 1.29 is 33.4 Å². The highest BCUT2D eigenvalue weighted by molar-refractivity contribution is 6.38. The lowest BCUT2D eigenvalue weighted by molar-refractivity contribution is -0.151. The van der Waals surface area contributed by atoms with Gasteiger partial charge in [0.15, 0.2) is 11.5 Å². The molecular formula is C24H35N3O7. The lowest BCUT2D eigenvalue weighted by Crippen LogP contribution is -2.53. The minimum Gasteiger partial charge on any atom is -0.493 e. The zero-order chi connectivity index (χ0) is 25.5. The van der Waals surface area contributed by atoms with Gasteiger partial charge in [-0.1, -0.05) is 20.8 Å². The zero-order valence-electron chi connectivity index (χ0n) is 20.8. The molecule has 0 spiro atoms. The van der Waals surface area contributed by atoms with Gasteiger partial charge in [0.1, 0.15) is 6.04 Å². The standard InChI is InChI=1S/C24H35N3O7/c1-7-24(2,3)21(29)23(31)27-12-8-9-16(27)22(30)26-25-19(28)11-10-15-13-17(32-4)20(34-6)18(14-15)33-5/h13-14,16H,7-12H2,1-6H3,(H,25,28)(H,26,30). The van der Waals surface area contributed by atoms with Crippen LogP contribution >= 0.6 is 0 Å². The van der Waals surface area contributed by atoms with E-state index in [-0.39, 0.29) is 6.42 Å². The predicted octanol–water partition coefficient (Wildman–Crippen LogP) is 1.79. The molecule has 1 aromatic rings. The highest BCUT2D eigenvalue weighted by Gasteiger charge is 2.41. The Hall–Kier alpha value is -3.30. The summed E-state index contributed by atoms with van der Waals surface area (Å²) in [5, 5.41) is 0. The van der Waals surface area contributed by atoms with Gasteiger partial charge >= 0.3 is 0 Å². The minimum atomic E-state index is -0.792. The van der Waals surface area contributed by atoms with Crippen LogP contribution in [0.15, 0.2) is 12.1 Å². The molecule has 1 fully saturated rings. The van der Waals surface area contributed by atoms with Crippen LogP contribution in [0, 0.1) is 5.41 Å². The van der Waals surface area contributed by atoms with E-state index in [9.17, 15) is 19.2 Å². The number of aryl methyl sites for hydroxylation is 1. The van der Waals surface area contributed by atoms with E-state index in [2.05, 4.69) is 10.9 Å². The van der Waals surface area contributed by atoms with Crippen LogP contribution in [-0.4, -0.2) is 62.3 Å². The monoisotopic (exact) mass is 477 g/mol. The number of hydrogen-bond acceptors (Lipinski definition) is 7. The number of amides is 3. The molecule has 0 radical (unpaired) electrons. The molecule has 188 valence electrons. The van der Waals surface area contributed by atoms with Gasteiger partial charge in [-0.15, -0.1) is 0 Å². The molecule has 0 aliphatic carbocycles. The van der Waals surface area contributed by atoms with E-state index in [1.165, 1.54) is 26.2 Å². The number of ether oxygens (including phenoxy) is 3. The summed E-state index contributed by atoms with van der Waals surface area (Å²) in [6, 6.07) is 2.72. The number of methoxy groups -OCH3 is 3. The molecule has 1 saturated heterocycles. The van der Waals surface area contributed by atoms with Gasteiger partial charge < -0.3 is 19.1 Å². The molecule has 3 amide bonds. The molecule has 1 aliphatic rings. The van der Waals surface area contributed by atoms with E-state index >= 15 is 0 Å². The number of rotatable bonds is 10. The third-order valence-corrected chi connectivity index (χ3v) is 6.20. The van der Waals surface area contributed by atoms with Gasteiger partial charge in [-0.25, -0.2) is 0 Å². The Balaban J connectivity index is 1.93. The highest BCUT2D eigenvalue weighted by atomic mass is 16.5. The lowest BCUT2D eigenvalue weighted by atomic mass is 9.84. The predicted molar refractivity (Wildman–Crippen MR) is 125 cm³/mol. The molecule has 1 aromatic carbocycles. The zero-order valence-corrected chi connectivity index (χ0v) is 20.8. The van der Waals surface area contributed by atoms with Gasteiger partial charge in [-0.05, 0) is 43.4 Å². The number of ketones is 1. The molecule has 10 heteroatoms. The molecular weight excluding hydrogens is 442 g/mol. The summed E-state index contributed by atoms with van der Waals surface area (Å²) >= 11 is 0. The van der Waals surface area contributed by atoms with E-state index < -0.39 is 35.0 Å². The Bertz CT molecular complexity index is 904. The first-order chi connectivity index (χ1) is 16.1. The molecule has 0 saturated carbocycles. The average Bonchev–Trinajstić information content (AvgIpc) is 3.34. The first-order valence-electron chi connectivity index (χ1n) is 11.3. The van der Waals surface area contributed by atoms with Crippen LogP contribution < -0.4 is 25.1 Å². The third-order valence-electron chi connectivity index (χ3n) is 6.20. The second kappa shape index (κ2) is 11.7. The maximum Gasteiger partial charge on any atom is 0.291 e. The highest BCUT2D eigenvalue weighted by Crippen LogP contribution is 2.38. The first kappa shape index (κ1) is 26.9. The van der Waals surface area contributed by atoms with Crippen LogP contribution in [0.25, 0.3) is 0 Å². The van der Waals surface area contributed by atoms with Crippen LogP contribution in [-0.2, 0) is 25.6 Å². The molecule has 10 nitrogen and oxygen atoms in total. The van der Waals surface area contributed by atoms with Crippen molar-refractivity contribution >= 4 is 23.5 Å². The SMILES string of the molecule is CCC(C)(C)C(=O)C(=O)N1CCCC1C(=O)NNC(=O)CCc1cc(OC)c(OC)c(OC)c1. The van der Waals surface area contributed by atoms with Crippen LogP contribution in [0.5, 0.6) is 17.2 Å². The minimum absolute atomic E-state index is 0.0927. The van der Waals surface area contributed by atoms with Gasteiger partial charge in [0.2, 0.25) is 17.4 Å². The van der Waals surface area contributed by atoms with E-state index in [0.717, 1.165) is 5.56 Å². The number of nitrogens with one attached hydrogen (secondary N) is 2. The first-order valence-corrected chi connectivity index (χ1v) is 11.3. The maximum absolute atomic E-state index is 12.7. The summed E-state index contributed by atoms with van der Waals surface area (Å²) in [6.07, 6.45) is 2.02. The maximum atomic E-state index is 12.7. The molecule has 1 atom stereocenters. The number of hydrogen-bond donors (Lipinski definition) is 2. The molecule has 0 bridgehead atoms. The number of hydrazine groups is 1. The van der Waals surface area contributed by atoms with E-state index in [1.807, 2.05) is 6.92 Å². The molecule has 2 N–H and O–H groups in total. The fraction of sp³-hybridized carbons (Fsp3) is 0.583. The smallest absolute Gasteiger partial charge is 0.291 e. The summed E-state index contributed by atoms with van der Waals surface area (Å²) in [7, 11) is 4.53. The summed E-state index contributed by atoms with van der Waals surface area (Å²) < 4.78 is 15.9. The Kier molecular flexibility index (Phi) is 9.28. The second-order valence-electron chi connectivity index (χ2n) is 8.79. The lowest BCUT2D eigenvalue weighted by Gasteiger charge is -2.27. The number of benzene rings is 1. The largest absolute Gasteiger partial charge is 0.493 e. The van der Waals surface area contributed by atoms with Crippen molar-refractivity contribution in [1.29, 1.82) is 0 Å². The Labute approximate surface area is 200 Å². The van der Waals surface area contributed by atoms with Crippen molar-refractivity contribution in [2.45, 2.75) is 58.9 Å². The number of carbonyl (C=O) groups excluding carboxylic acids is 4. The topological polar surface area (TPSA) is 123 Å². The summed E-state index contributed by atoms with van der Waals surface area (Å²) in [5.74, 6) is -0.658. The van der Waals surface area contributed by atoms with E-state index in [1.54, 1.807) is 26.0 Å². The van der Waals surface area contributed by atoms with Gasteiger partial charge in [0, 0.05) is 18.4 Å². The van der Waals surface area contributed by atoms with Crippen LogP contribution in [0.1, 0.15) is 52.0 Å². The fourth-order valence-electron chi connectivity index (χ4n) is 3.68. The van der Waals surface area contributed by atoms with E-state index in [4.69, 9.17) is 14.2 Å². The molecule has 1 unspecified atom stereocenters. The quantitative estimate of drug-likeness (QED) is 0.389. The number of likely N-dealkylation sites (tertiary alicyclic amines) is 1. The Morgan fingerprint density at radius 1 is 1.03 bits per heavy atom. The number of carbonyl (C=O) groups is 4. The molecule has 0 aromatic heterocycles. The fourth-order valence-corrected chi connectivity index (χ4v) is 3.68. The van der Waals surface area contributed by atoms with Crippen molar-refractivity contribution in [3.63, 3.8) is 0 Å². The van der Waals surface area contributed by atoms with Gasteiger partial charge in [-0.3, -0.25) is 30.0 Å². The van der Waals surface area contributed by atoms with Crippen LogP contribution in [0.4, 0.5) is 0 Å². The average molecular weight is 478 g/mol. The molecule has 2 rings (SSSR count). The van der Waals surface area contributed by atoms with Crippen molar-refractivity contribution in [3.05, 3.63) is 17.7 Å². The molecule has 1 heterocycles. The van der Waals surface area contributed by atoms with Crippen LogP contribution in [0.2, 0.25) is 0 Å². The normalized spacial score (nSPS) is 15.5. The summed E-state index contributed by atoms with van der Waals surface area (Å²) in [6.45, 7) is 5.60. The van der Waals surface area contributed by atoms with E-state index in [0.29, 0.717) is 49.5 Å². The third kappa shape index (κ3) is 6.18. The second-order valence-corrected chi connectivity index (χ2v) is 8.79. The van der Waals surface area contributed by atoms with Crippen molar-refractivity contribution in [3.8, 4) is 17.2 Å². The van der Waals surface area contributed by atoms with Crippen LogP contribution in [0.3, 0.4) is 0 Å². The van der Waals surface area contributed by atoms with Crippen molar-refractivity contribution in [2.24, 2.45) is 5.41 Å². The molecule has 1 aliphatic heterocycles. The summed E-state index contributed by atoms with van der Waals surface area (Å²) in [4.78, 5) is 51.5. The number of Topliss-reactive ketones (excluding diaryl/α,β-unsaturated/α-hetero) is 1. The number of nitrogens with zero attached hydrogens (tertiary/aromatic N) is 1.